The fraction of sp³-hybridized carbons (Fsp3) is 0.190. The van der Waals surface area contributed by atoms with Crippen LogP contribution in [0.15, 0.2) is 66.1 Å². The molecule has 0 unspecified atom stereocenters. The van der Waals surface area contributed by atoms with Gasteiger partial charge in [0.2, 0.25) is 11.7 Å². The number of benzene rings is 2. The van der Waals surface area contributed by atoms with Gasteiger partial charge in [0.15, 0.2) is 18.3 Å². The number of hydrogen-bond donors (Lipinski definition) is 2. The average Bonchev–Trinajstić information content (AvgIpc) is 3.08. The number of hydrogen-bond acceptors (Lipinski definition) is 6. The number of nitrogens with one attached hydrogen (secondary N) is 2. The summed E-state index contributed by atoms with van der Waals surface area (Å²) < 4.78 is 23.3. The third kappa shape index (κ3) is 5.19. The Bertz CT molecular complexity index is 941. The molecule has 0 aromatic heterocycles. The largest absolute Gasteiger partial charge is 0.470 e. The molecule has 1 aliphatic rings. The van der Waals surface area contributed by atoms with Gasteiger partial charge < -0.3 is 20.1 Å². The van der Waals surface area contributed by atoms with E-state index >= 15 is 0 Å². The standard InChI is InChI=1S/C21H19FN2O5/c1-13(19(26)23-11-14-7-9-15(22)10-8-14)29-21(27)18-17(25)12-28-20(18)24-16-5-3-2-4-6-16/h2-10,13,24H,11-12H2,1H3,(H,23,26)/t13-/m0/s1. The summed E-state index contributed by atoms with van der Waals surface area (Å²) in [5, 5.41) is 5.45. The number of anilines is 1. The van der Waals surface area contributed by atoms with Crippen LogP contribution in [-0.4, -0.2) is 30.4 Å². The number of ketones is 1. The smallest absolute Gasteiger partial charge is 0.348 e. The van der Waals surface area contributed by atoms with Crippen molar-refractivity contribution in [3.8, 4) is 0 Å². The SMILES string of the molecule is C[C@H](OC(=O)C1=C(Nc2ccccc2)OCC1=O)C(=O)NCc1ccc(F)cc1. The Balaban J connectivity index is 1.60. The fourth-order valence-electron chi connectivity index (χ4n) is 2.57. The monoisotopic (exact) mass is 398 g/mol. The molecule has 1 heterocycles. The van der Waals surface area contributed by atoms with E-state index in [2.05, 4.69) is 10.6 Å². The summed E-state index contributed by atoms with van der Waals surface area (Å²) in [7, 11) is 0. The van der Waals surface area contributed by atoms with Crippen LogP contribution in [0.2, 0.25) is 0 Å². The highest BCUT2D eigenvalue weighted by Gasteiger charge is 2.34. The van der Waals surface area contributed by atoms with E-state index in [9.17, 15) is 18.8 Å². The summed E-state index contributed by atoms with van der Waals surface area (Å²) in [6.45, 7) is 1.25. The third-order valence-electron chi connectivity index (χ3n) is 4.12. The highest BCUT2D eigenvalue weighted by Crippen LogP contribution is 2.21. The molecule has 1 atom stereocenters. The van der Waals surface area contributed by atoms with Crippen molar-refractivity contribution in [3.63, 3.8) is 0 Å². The minimum Gasteiger partial charge on any atom is -0.470 e. The molecule has 0 radical (unpaired) electrons. The van der Waals surface area contributed by atoms with Gasteiger partial charge in [-0.2, -0.15) is 0 Å². The highest BCUT2D eigenvalue weighted by atomic mass is 19.1. The molecule has 0 aliphatic carbocycles. The quantitative estimate of drug-likeness (QED) is 0.549. The lowest BCUT2D eigenvalue weighted by atomic mass is 10.2. The van der Waals surface area contributed by atoms with Gasteiger partial charge in [0.25, 0.3) is 5.91 Å². The van der Waals surface area contributed by atoms with E-state index in [1.165, 1.54) is 31.2 Å². The number of esters is 1. The Morgan fingerprint density at radius 3 is 2.52 bits per heavy atom. The first-order valence-corrected chi connectivity index (χ1v) is 8.89. The molecule has 150 valence electrons. The molecule has 0 spiro atoms. The molecule has 2 aromatic carbocycles. The summed E-state index contributed by atoms with van der Waals surface area (Å²) in [6.07, 6.45) is -1.14. The maximum Gasteiger partial charge on any atom is 0.348 e. The van der Waals surface area contributed by atoms with Crippen molar-refractivity contribution in [2.75, 3.05) is 11.9 Å². The van der Waals surface area contributed by atoms with Crippen LogP contribution in [0.1, 0.15) is 12.5 Å². The number of rotatable bonds is 7. The Morgan fingerprint density at radius 2 is 1.83 bits per heavy atom. The molecule has 3 rings (SSSR count). The van der Waals surface area contributed by atoms with Gasteiger partial charge in [0.1, 0.15) is 5.82 Å². The van der Waals surface area contributed by atoms with Crippen LogP contribution in [0.5, 0.6) is 0 Å². The summed E-state index contributed by atoms with van der Waals surface area (Å²) in [6, 6.07) is 14.5. The van der Waals surface area contributed by atoms with E-state index in [4.69, 9.17) is 9.47 Å². The first kappa shape index (κ1) is 20.1. The second-order valence-corrected chi connectivity index (χ2v) is 6.30. The van der Waals surface area contributed by atoms with Gasteiger partial charge in [-0.15, -0.1) is 0 Å². The predicted molar refractivity (Wildman–Crippen MR) is 102 cm³/mol. The molecule has 2 aromatic rings. The molecule has 0 fully saturated rings. The van der Waals surface area contributed by atoms with Gasteiger partial charge in [0.05, 0.1) is 0 Å². The molecule has 1 aliphatic heterocycles. The van der Waals surface area contributed by atoms with Crippen molar-refractivity contribution in [2.45, 2.75) is 19.6 Å². The van der Waals surface area contributed by atoms with Crippen molar-refractivity contribution in [1.29, 1.82) is 0 Å². The van der Waals surface area contributed by atoms with Gasteiger partial charge in [-0.1, -0.05) is 30.3 Å². The van der Waals surface area contributed by atoms with Crippen molar-refractivity contribution in [2.24, 2.45) is 0 Å². The van der Waals surface area contributed by atoms with Crippen molar-refractivity contribution in [3.05, 3.63) is 77.4 Å². The van der Waals surface area contributed by atoms with E-state index in [1.807, 2.05) is 6.07 Å². The van der Waals surface area contributed by atoms with Crippen LogP contribution in [0.25, 0.3) is 0 Å². The lowest BCUT2D eigenvalue weighted by Crippen LogP contribution is -2.36. The van der Waals surface area contributed by atoms with Gasteiger partial charge in [-0.05, 0) is 36.8 Å². The van der Waals surface area contributed by atoms with E-state index in [0.717, 1.165) is 0 Å². The Hall–Kier alpha value is -3.68. The highest BCUT2D eigenvalue weighted by molar-refractivity contribution is 6.20. The first-order valence-electron chi connectivity index (χ1n) is 8.89. The average molecular weight is 398 g/mol. The van der Waals surface area contributed by atoms with Crippen LogP contribution >= 0.6 is 0 Å². The maximum atomic E-state index is 12.9. The Kier molecular flexibility index (Phi) is 6.23. The van der Waals surface area contributed by atoms with E-state index in [1.54, 1.807) is 24.3 Å². The van der Waals surface area contributed by atoms with Crippen LogP contribution in [-0.2, 0) is 30.4 Å². The molecule has 8 heteroatoms. The zero-order chi connectivity index (χ0) is 20.8. The number of amides is 1. The topological polar surface area (TPSA) is 93.7 Å². The fourth-order valence-corrected chi connectivity index (χ4v) is 2.57. The summed E-state index contributed by atoms with van der Waals surface area (Å²) >= 11 is 0. The van der Waals surface area contributed by atoms with Gasteiger partial charge in [-0.3, -0.25) is 9.59 Å². The van der Waals surface area contributed by atoms with Crippen LogP contribution < -0.4 is 10.6 Å². The minimum absolute atomic E-state index is 0.00915. The van der Waals surface area contributed by atoms with E-state index in [-0.39, 0.29) is 30.4 Å². The molecule has 0 saturated carbocycles. The molecule has 1 amide bonds. The van der Waals surface area contributed by atoms with E-state index in [0.29, 0.717) is 11.3 Å². The first-order chi connectivity index (χ1) is 13.9. The Morgan fingerprint density at radius 1 is 1.14 bits per heavy atom. The normalized spacial score (nSPS) is 14.2. The third-order valence-corrected chi connectivity index (χ3v) is 4.12. The number of para-hydroxylation sites is 1. The predicted octanol–water partition coefficient (Wildman–Crippen LogP) is 2.30. The zero-order valence-corrected chi connectivity index (χ0v) is 15.6. The second-order valence-electron chi connectivity index (χ2n) is 6.30. The molecular weight excluding hydrogens is 379 g/mol. The van der Waals surface area contributed by atoms with Crippen LogP contribution in [0.3, 0.4) is 0 Å². The van der Waals surface area contributed by atoms with E-state index < -0.39 is 23.8 Å². The number of Topliss-reactive ketones (excluding diaryl/α,β-unsaturated/α-hetero) is 1. The van der Waals surface area contributed by atoms with Gasteiger partial charge >= 0.3 is 5.97 Å². The molecular formula is C21H19FN2O5. The lowest BCUT2D eigenvalue weighted by molar-refractivity contribution is -0.151. The van der Waals surface area contributed by atoms with Gasteiger partial charge in [-0.25, -0.2) is 9.18 Å². The van der Waals surface area contributed by atoms with Crippen LogP contribution in [0.4, 0.5) is 10.1 Å². The van der Waals surface area contributed by atoms with Crippen molar-refractivity contribution in [1.82, 2.24) is 5.32 Å². The number of ether oxygens (including phenoxy) is 2. The Labute approximate surface area is 166 Å². The van der Waals surface area contributed by atoms with Crippen LogP contribution in [0, 0.1) is 5.82 Å². The van der Waals surface area contributed by atoms with Crippen molar-refractivity contribution < 1.29 is 28.2 Å². The van der Waals surface area contributed by atoms with Gasteiger partial charge in [0, 0.05) is 12.2 Å². The number of halogens is 1. The lowest BCUT2D eigenvalue weighted by Gasteiger charge is -2.14. The molecule has 29 heavy (non-hydrogen) atoms. The molecule has 0 bridgehead atoms. The second kappa shape index (κ2) is 9.01. The minimum atomic E-state index is -1.14. The maximum absolute atomic E-state index is 12.9. The summed E-state index contributed by atoms with van der Waals surface area (Å²) in [4.78, 5) is 36.7. The number of carbonyl (C=O) groups excluding carboxylic acids is 3. The zero-order valence-electron chi connectivity index (χ0n) is 15.6. The summed E-state index contributed by atoms with van der Waals surface area (Å²) in [5.41, 5.74) is 1.05. The summed E-state index contributed by atoms with van der Waals surface area (Å²) in [5.74, 6) is -2.42. The molecule has 0 saturated heterocycles. The molecule has 7 nitrogen and oxygen atoms in total. The number of carbonyl (C=O) groups is 3. The molecule has 2 N–H and O–H groups in total. The van der Waals surface area contributed by atoms with Crippen molar-refractivity contribution >= 4 is 23.3 Å².